The lowest BCUT2D eigenvalue weighted by atomic mass is 9.32. The minimum Gasteiger partial charge on any atom is -0.481 e. The van der Waals surface area contributed by atoms with Gasteiger partial charge in [0.25, 0.3) is 0 Å². The maximum absolute atomic E-state index is 12.8. The van der Waals surface area contributed by atoms with Crippen molar-refractivity contribution in [3.63, 3.8) is 0 Å². The summed E-state index contributed by atoms with van der Waals surface area (Å²) in [4.78, 5) is 12.8. The Morgan fingerprint density at radius 1 is 0.917 bits per heavy atom. The number of hydrogen-bond donors (Lipinski definition) is 2. The summed E-state index contributed by atoms with van der Waals surface area (Å²) in [7, 11) is 0. The zero-order valence-corrected chi connectivity index (χ0v) is 24.6. The number of rotatable bonds is 5. The molecule has 0 aliphatic heterocycles. The van der Waals surface area contributed by atoms with Crippen LogP contribution < -0.4 is 5.32 Å². The Balaban J connectivity index is 1.51. The van der Waals surface area contributed by atoms with Crippen molar-refractivity contribution in [3.8, 4) is 0 Å². The van der Waals surface area contributed by atoms with Crippen molar-refractivity contribution < 1.29 is 9.90 Å². The van der Waals surface area contributed by atoms with E-state index in [2.05, 4.69) is 53.4 Å². The second-order valence-electron chi connectivity index (χ2n) is 15.2. The number of carbonyl (C=O) groups is 1. The van der Waals surface area contributed by atoms with Crippen LogP contribution in [0.1, 0.15) is 106 Å². The van der Waals surface area contributed by atoms with Gasteiger partial charge in [-0.25, -0.2) is 0 Å². The molecule has 36 heavy (non-hydrogen) atoms. The van der Waals surface area contributed by atoms with Crippen LogP contribution in [0, 0.1) is 56.7 Å². The molecule has 5 rings (SSSR count). The van der Waals surface area contributed by atoms with Crippen LogP contribution in [0.4, 0.5) is 0 Å². The Hall–Kier alpha value is -0.540. The third-order valence-corrected chi connectivity index (χ3v) is 14.2. The molecule has 0 aromatic carbocycles. The Kier molecular flexibility index (Phi) is 6.56. The normalized spacial score (nSPS) is 51.4. The van der Waals surface area contributed by atoms with Crippen molar-refractivity contribution in [1.29, 1.82) is 0 Å². The first-order valence-electron chi connectivity index (χ1n) is 15.0. The smallest absolute Gasteiger partial charge is 0.309 e. The SMILES string of the molecule is C=C(C)[C@@H]1CC[C@]2(C(=O)O)CC[C@]3(C)[C@H](CC[C@@H]4[C@@]5(C)CCC(NCCCl)C(C)(C)[C@@H]5CC[C@]43C)[C@@H]12. The number of alkyl halides is 1. The van der Waals surface area contributed by atoms with Crippen molar-refractivity contribution >= 4 is 17.6 Å². The Bertz CT molecular complexity index is 916. The molecule has 3 nitrogen and oxygen atoms in total. The van der Waals surface area contributed by atoms with Gasteiger partial charge >= 0.3 is 5.97 Å². The maximum atomic E-state index is 12.8. The number of nitrogens with one attached hydrogen (secondary N) is 1. The molecule has 0 aromatic rings. The molecular weight excluding hydrogens is 466 g/mol. The van der Waals surface area contributed by atoms with Gasteiger partial charge in [0.2, 0.25) is 0 Å². The van der Waals surface area contributed by atoms with Crippen LogP contribution in [0.3, 0.4) is 0 Å². The summed E-state index contributed by atoms with van der Waals surface area (Å²) in [5.74, 6) is 2.75. The summed E-state index contributed by atoms with van der Waals surface area (Å²) in [5.41, 5.74) is 1.81. The Morgan fingerprint density at radius 3 is 2.28 bits per heavy atom. The number of halogens is 1. The predicted molar refractivity (Wildman–Crippen MR) is 149 cm³/mol. The Morgan fingerprint density at radius 2 is 1.64 bits per heavy atom. The van der Waals surface area contributed by atoms with E-state index in [1.165, 1.54) is 44.1 Å². The van der Waals surface area contributed by atoms with E-state index < -0.39 is 11.4 Å². The molecule has 0 heterocycles. The lowest BCUT2D eigenvalue weighted by Gasteiger charge is -2.73. The van der Waals surface area contributed by atoms with Crippen LogP contribution in [0.2, 0.25) is 0 Å². The van der Waals surface area contributed by atoms with Crippen LogP contribution in [-0.4, -0.2) is 29.5 Å². The van der Waals surface area contributed by atoms with Gasteiger partial charge in [-0.2, -0.15) is 0 Å². The average Bonchev–Trinajstić information content (AvgIpc) is 3.20. The molecule has 0 saturated heterocycles. The highest BCUT2D eigenvalue weighted by Gasteiger charge is 2.72. The monoisotopic (exact) mass is 517 g/mol. The highest BCUT2D eigenvalue weighted by Crippen LogP contribution is 2.77. The van der Waals surface area contributed by atoms with Crippen molar-refractivity contribution in [2.24, 2.45) is 56.7 Å². The highest BCUT2D eigenvalue weighted by atomic mass is 35.5. The van der Waals surface area contributed by atoms with E-state index in [4.69, 9.17) is 11.6 Å². The average molecular weight is 518 g/mol. The van der Waals surface area contributed by atoms with Gasteiger partial charge in [0, 0.05) is 18.5 Å². The van der Waals surface area contributed by atoms with E-state index >= 15 is 0 Å². The van der Waals surface area contributed by atoms with E-state index in [-0.39, 0.29) is 22.2 Å². The number of hydrogen-bond acceptors (Lipinski definition) is 2. The van der Waals surface area contributed by atoms with Gasteiger partial charge in [-0.1, -0.05) is 46.8 Å². The topological polar surface area (TPSA) is 49.3 Å². The summed E-state index contributed by atoms with van der Waals surface area (Å²) in [6, 6.07) is 0.547. The molecule has 0 bridgehead atoms. The molecule has 1 unspecified atom stereocenters. The minimum absolute atomic E-state index is 0.212. The van der Waals surface area contributed by atoms with Crippen LogP contribution >= 0.6 is 11.6 Å². The summed E-state index contributed by atoms with van der Waals surface area (Å²) in [6.45, 7) is 20.4. The molecule has 5 aliphatic rings. The molecule has 0 amide bonds. The molecule has 10 atom stereocenters. The second-order valence-corrected chi connectivity index (χ2v) is 15.6. The Labute approximate surface area is 225 Å². The number of carboxylic acids is 1. The van der Waals surface area contributed by atoms with Crippen LogP contribution in [0.15, 0.2) is 12.2 Å². The van der Waals surface area contributed by atoms with E-state index in [0.717, 1.165) is 44.1 Å². The lowest BCUT2D eigenvalue weighted by molar-refractivity contribution is -0.240. The summed E-state index contributed by atoms with van der Waals surface area (Å²) in [6.07, 6.45) is 11.4. The molecule has 0 spiro atoms. The molecule has 204 valence electrons. The van der Waals surface area contributed by atoms with Gasteiger partial charge in [-0.15, -0.1) is 11.6 Å². The van der Waals surface area contributed by atoms with Crippen molar-refractivity contribution in [2.45, 2.75) is 112 Å². The summed E-state index contributed by atoms with van der Waals surface area (Å²) in [5, 5.41) is 14.4. The second kappa shape index (κ2) is 8.73. The number of aliphatic carboxylic acids is 1. The van der Waals surface area contributed by atoms with Crippen LogP contribution in [-0.2, 0) is 4.79 Å². The van der Waals surface area contributed by atoms with Gasteiger partial charge < -0.3 is 10.4 Å². The fourth-order valence-electron chi connectivity index (χ4n) is 12.1. The van der Waals surface area contributed by atoms with Crippen LogP contribution in [0.5, 0.6) is 0 Å². The number of fused-ring (bicyclic) bond motifs is 7. The lowest BCUT2D eigenvalue weighted by Crippen LogP contribution is -2.67. The van der Waals surface area contributed by atoms with E-state index in [9.17, 15) is 9.90 Å². The van der Waals surface area contributed by atoms with Crippen LogP contribution in [0.25, 0.3) is 0 Å². The zero-order chi connectivity index (χ0) is 26.3. The quantitative estimate of drug-likeness (QED) is 0.287. The van der Waals surface area contributed by atoms with E-state index in [0.29, 0.717) is 29.2 Å². The first kappa shape index (κ1) is 27.0. The van der Waals surface area contributed by atoms with Crippen molar-refractivity contribution in [1.82, 2.24) is 5.32 Å². The number of allylic oxidation sites excluding steroid dienone is 1. The molecule has 2 N–H and O–H groups in total. The van der Waals surface area contributed by atoms with Crippen molar-refractivity contribution in [2.75, 3.05) is 12.4 Å². The minimum atomic E-state index is -0.522. The third kappa shape index (κ3) is 3.36. The standard InChI is InChI=1S/C32H52ClNO2/c1-20(2)21-10-15-32(27(35)36)17-16-30(6)22(26(21)32)8-9-24-29(5)13-12-25(34-19-18-33)28(3,4)23(29)11-14-31(24,30)7/h21-26,34H,1,8-19H2,2-7H3,(H,35,36)/t21-,22+,23-,24+,25?,26+,29-,30+,31+,32-/m0/s1. The predicted octanol–water partition coefficient (Wildman–Crippen LogP) is 7.93. The first-order chi connectivity index (χ1) is 16.8. The fraction of sp³-hybridized carbons (Fsp3) is 0.906. The third-order valence-electron chi connectivity index (χ3n) is 14.0. The number of carboxylic acid groups (broad SMARTS) is 1. The molecule has 5 saturated carbocycles. The van der Waals surface area contributed by atoms with Gasteiger partial charge in [0.05, 0.1) is 5.41 Å². The van der Waals surface area contributed by atoms with Gasteiger partial charge in [-0.3, -0.25) is 4.79 Å². The van der Waals surface area contributed by atoms with Crippen molar-refractivity contribution in [3.05, 3.63) is 12.2 Å². The van der Waals surface area contributed by atoms with Gasteiger partial charge in [0.15, 0.2) is 0 Å². The fourth-order valence-corrected chi connectivity index (χ4v) is 12.2. The maximum Gasteiger partial charge on any atom is 0.309 e. The molecular formula is C32H52ClNO2. The summed E-state index contributed by atoms with van der Waals surface area (Å²) < 4.78 is 0. The molecule has 0 radical (unpaired) electrons. The highest BCUT2D eigenvalue weighted by molar-refractivity contribution is 6.18. The van der Waals surface area contributed by atoms with Gasteiger partial charge in [0.1, 0.15) is 0 Å². The van der Waals surface area contributed by atoms with E-state index in [1.807, 2.05) is 0 Å². The molecule has 5 fully saturated rings. The molecule has 0 aromatic heterocycles. The van der Waals surface area contributed by atoms with E-state index in [1.54, 1.807) is 0 Å². The first-order valence-corrected chi connectivity index (χ1v) is 15.5. The largest absolute Gasteiger partial charge is 0.481 e. The summed E-state index contributed by atoms with van der Waals surface area (Å²) >= 11 is 6.06. The molecule has 4 heteroatoms. The van der Waals surface area contributed by atoms with Gasteiger partial charge in [-0.05, 0) is 122 Å². The molecule has 5 aliphatic carbocycles. The zero-order valence-electron chi connectivity index (χ0n) is 23.9.